The van der Waals surface area contributed by atoms with Crippen LogP contribution in [0.3, 0.4) is 0 Å². The van der Waals surface area contributed by atoms with Gasteiger partial charge in [-0.3, -0.25) is 4.98 Å². The number of nitrogens with zero attached hydrogens (tertiary/aromatic N) is 1. The van der Waals surface area contributed by atoms with E-state index in [4.69, 9.17) is 5.73 Å². The predicted octanol–water partition coefficient (Wildman–Crippen LogP) is 1.95. The van der Waals surface area contributed by atoms with Gasteiger partial charge < -0.3 is 5.73 Å². The summed E-state index contributed by atoms with van der Waals surface area (Å²) in [7, 11) is -3.40. The molecule has 0 amide bonds. The number of aromatic nitrogens is 1. The van der Waals surface area contributed by atoms with E-state index in [9.17, 15) is 8.42 Å². The lowest BCUT2D eigenvalue weighted by atomic mass is 10.2. The summed E-state index contributed by atoms with van der Waals surface area (Å²) in [5, 5.41) is 0. The molecule has 4 nitrogen and oxygen atoms in total. The van der Waals surface area contributed by atoms with Crippen LogP contribution in [0.15, 0.2) is 47.5 Å². The number of hydrogen-bond acceptors (Lipinski definition) is 4. The van der Waals surface area contributed by atoms with Crippen molar-refractivity contribution in [2.24, 2.45) is 0 Å². The number of nitrogens with two attached hydrogens (primary N) is 1. The molecular formula is C13H14N2O2S. The number of pyridine rings is 1. The highest BCUT2D eigenvalue weighted by Crippen LogP contribution is 2.19. The van der Waals surface area contributed by atoms with Crippen molar-refractivity contribution in [2.45, 2.75) is 17.6 Å². The molecule has 1 aromatic heterocycles. The van der Waals surface area contributed by atoms with Crippen molar-refractivity contribution in [3.05, 3.63) is 53.9 Å². The van der Waals surface area contributed by atoms with Gasteiger partial charge in [0, 0.05) is 11.9 Å². The molecule has 0 saturated heterocycles. The maximum Gasteiger partial charge on any atom is 0.184 e. The summed E-state index contributed by atoms with van der Waals surface area (Å²) in [6.45, 7) is 1.84. The topological polar surface area (TPSA) is 73.0 Å². The Kier molecular flexibility index (Phi) is 3.34. The van der Waals surface area contributed by atoms with E-state index in [-0.39, 0.29) is 10.6 Å². The van der Waals surface area contributed by atoms with Crippen LogP contribution in [0.5, 0.6) is 0 Å². The first-order valence-corrected chi connectivity index (χ1v) is 7.13. The van der Waals surface area contributed by atoms with Gasteiger partial charge in [-0.25, -0.2) is 8.42 Å². The van der Waals surface area contributed by atoms with Gasteiger partial charge in [-0.15, -0.1) is 0 Å². The van der Waals surface area contributed by atoms with Crippen molar-refractivity contribution in [3.63, 3.8) is 0 Å². The third-order valence-corrected chi connectivity index (χ3v) is 4.29. The molecule has 2 aromatic rings. The second-order valence-corrected chi connectivity index (χ2v) is 6.09. The molecule has 0 bridgehead atoms. The lowest BCUT2D eigenvalue weighted by molar-refractivity contribution is 0.594. The van der Waals surface area contributed by atoms with Gasteiger partial charge in [0.15, 0.2) is 9.84 Å². The smallest absolute Gasteiger partial charge is 0.184 e. The summed E-state index contributed by atoms with van der Waals surface area (Å²) < 4.78 is 24.4. The van der Waals surface area contributed by atoms with Gasteiger partial charge in [-0.2, -0.15) is 0 Å². The Labute approximate surface area is 106 Å². The first kappa shape index (κ1) is 12.6. The van der Waals surface area contributed by atoms with Gasteiger partial charge in [0.2, 0.25) is 0 Å². The molecule has 94 valence electrons. The largest absolute Gasteiger partial charge is 0.399 e. The zero-order valence-corrected chi connectivity index (χ0v) is 10.8. The minimum Gasteiger partial charge on any atom is -0.399 e. The van der Waals surface area contributed by atoms with Crippen molar-refractivity contribution in [1.82, 2.24) is 4.98 Å². The van der Waals surface area contributed by atoms with Crippen LogP contribution in [0, 0.1) is 6.92 Å². The standard InChI is InChI=1S/C13H14N2O2S/c1-10-4-3-7-15-13(10)9-18(16,17)12-6-2-5-11(14)8-12/h2-8H,9,14H2,1H3. The van der Waals surface area contributed by atoms with Crippen LogP contribution < -0.4 is 5.73 Å². The van der Waals surface area contributed by atoms with E-state index in [0.29, 0.717) is 11.4 Å². The molecule has 0 atom stereocenters. The van der Waals surface area contributed by atoms with E-state index in [2.05, 4.69) is 4.98 Å². The summed E-state index contributed by atoms with van der Waals surface area (Å²) in [5.74, 6) is -0.108. The van der Waals surface area contributed by atoms with Gasteiger partial charge in [0.1, 0.15) is 0 Å². The van der Waals surface area contributed by atoms with Crippen LogP contribution in [0.4, 0.5) is 5.69 Å². The fourth-order valence-corrected chi connectivity index (χ4v) is 3.07. The Morgan fingerprint density at radius 3 is 2.67 bits per heavy atom. The van der Waals surface area contributed by atoms with Gasteiger partial charge >= 0.3 is 0 Å². The first-order valence-electron chi connectivity index (χ1n) is 5.48. The van der Waals surface area contributed by atoms with E-state index in [0.717, 1.165) is 5.56 Å². The van der Waals surface area contributed by atoms with Gasteiger partial charge in [-0.1, -0.05) is 12.1 Å². The van der Waals surface area contributed by atoms with Crippen LogP contribution in [-0.2, 0) is 15.6 Å². The molecule has 0 saturated carbocycles. The highest BCUT2D eigenvalue weighted by molar-refractivity contribution is 7.90. The zero-order chi connectivity index (χ0) is 13.2. The number of aryl methyl sites for hydroxylation is 1. The number of rotatable bonds is 3. The van der Waals surface area contributed by atoms with Crippen molar-refractivity contribution < 1.29 is 8.42 Å². The van der Waals surface area contributed by atoms with E-state index in [1.54, 1.807) is 30.5 Å². The van der Waals surface area contributed by atoms with Crippen LogP contribution in [-0.4, -0.2) is 13.4 Å². The van der Waals surface area contributed by atoms with E-state index in [1.165, 1.54) is 6.07 Å². The molecule has 0 fully saturated rings. The molecule has 0 spiro atoms. The highest BCUT2D eigenvalue weighted by atomic mass is 32.2. The first-order chi connectivity index (χ1) is 8.49. The Bertz CT molecular complexity index is 666. The number of sulfone groups is 1. The molecule has 18 heavy (non-hydrogen) atoms. The Morgan fingerprint density at radius 2 is 2.00 bits per heavy atom. The molecule has 0 aliphatic carbocycles. The van der Waals surface area contributed by atoms with Crippen LogP contribution >= 0.6 is 0 Å². The van der Waals surface area contributed by atoms with E-state index >= 15 is 0 Å². The second-order valence-electron chi connectivity index (χ2n) is 4.10. The van der Waals surface area contributed by atoms with E-state index in [1.807, 2.05) is 13.0 Å². The predicted molar refractivity (Wildman–Crippen MR) is 70.7 cm³/mol. The zero-order valence-electron chi connectivity index (χ0n) is 10.00. The van der Waals surface area contributed by atoms with E-state index < -0.39 is 9.84 Å². The third-order valence-electron chi connectivity index (χ3n) is 2.66. The molecule has 2 rings (SSSR count). The quantitative estimate of drug-likeness (QED) is 0.858. The highest BCUT2D eigenvalue weighted by Gasteiger charge is 2.17. The molecule has 0 aliphatic rings. The van der Waals surface area contributed by atoms with Gasteiger partial charge in [0.05, 0.1) is 16.3 Å². The van der Waals surface area contributed by atoms with Crippen molar-refractivity contribution in [3.8, 4) is 0 Å². The normalized spacial score (nSPS) is 11.4. The summed E-state index contributed by atoms with van der Waals surface area (Å²) >= 11 is 0. The number of benzene rings is 1. The average molecular weight is 262 g/mol. The minimum absolute atomic E-state index is 0.108. The van der Waals surface area contributed by atoms with Gasteiger partial charge in [0.25, 0.3) is 0 Å². The van der Waals surface area contributed by atoms with Gasteiger partial charge in [-0.05, 0) is 36.8 Å². The molecule has 5 heteroatoms. The summed E-state index contributed by atoms with van der Waals surface area (Å²) in [6, 6.07) is 9.93. The third kappa shape index (κ3) is 2.68. The lowest BCUT2D eigenvalue weighted by Crippen LogP contribution is -2.08. The Morgan fingerprint density at radius 1 is 1.22 bits per heavy atom. The lowest BCUT2D eigenvalue weighted by Gasteiger charge is -2.06. The van der Waals surface area contributed by atoms with Crippen LogP contribution in [0.25, 0.3) is 0 Å². The Balaban J connectivity index is 2.37. The summed E-state index contributed by atoms with van der Waals surface area (Å²) in [6.07, 6.45) is 1.59. The van der Waals surface area contributed by atoms with Crippen LogP contribution in [0.2, 0.25) is 0 Å². The van der Waals surface area contributed by atoms with Crippen molar-refractivity contribution in [2.75, 3.05) is 5.73 Å². The molecule has 0 aliphatic heterocycles. The van der Waals surface area contributed by atoms with Crippen molar-refractivity contribution >= 4 is 15.5 Å². The Hall–Kier alpha value is -1.88. The SMILES string of the molecule is Cc1cccnc1CS(=O)(=O)c1cccc(N)c1. The minimum atomic E-state index is -3.40. The monoisotopic (exact) mass is 262 g/mol. The fourth-order valence-electron chi connectivity index (χ4n) is 1.64. The molecule has 1 heterocycles. The molecule has 1 aromatic carbocycles. The number of anilines is 1. The summed E-state index contributed by atoms with van der Waals surface area (Å²) in [5.41, 5.74) is 7.47. The molecule has 0 unspecified atom stereocenters. The van der Waals surface area contributed by atoms with Crippen LogP contribution in [0.1, 0.15) is 11.3 Å². The molecule has 0 radical (unpaired) electrons. The maximum atomic E-state index is 12.2. The molecule has 2 N–H and O–H groups in total. The second kappa shape index (κ2) is 4.78. The summed E-state index contributed by atoms with van der Waals surface area (Å²) in [4.78, 5) is 4.33. The number of hydrogen-bond donors (Lipinski definition) is 1. The number of nitrogen functional groups attached to an aromatic ring is 1. The average Bonchev–Trinajstić information content (AvgIpc) is 2.32. The molecular weight excluding hydrogens is 248 g/mol. The van der Waals surface area contributed by atoms with Crippen molar-refractivity contribution in [1.29, 1.82) is 0 Å². The maximum absolute atomic E-state index is 12.2. The fraction of sp³-hybridized carbons (Fsp3) is 0.154.